The summed E-state index contributed by atoms with van der Waals surface area (Å²) in [5.41, 5.74) is 0. The van der Waals surface area contributed by atoms with E-state index in [4.69, 9.17) is 0 Å². The Morgan fingerprint density at radius 1 is 1.00 bits per heavy atom. The Morgan fingerprint density at radius 2 is 1.67 bits per heavy atom. The van der Waals surface area contributed by atoms with Crippen molar-refractivity contribution in [3.8, 4) is 0 Å². The molecule has 0 amide bonds. The lowest BCUT2D eigenvalue weighted by Gasteiger charge is -2.28. The van der Waals surface area contributed by atoms with E-state index in [1.54, 1.807) is 0 Å². The second kappa shape index (κ2) is 9.76. The van der Waals surface area contributed by atoms with Gasteiger partial charge in [-0.15, -0.1) is 0 Å². The van der Waals surface area contributed by atoms with Gasteiger partial charge in [0, 0.05) is 12.6 Å². The Kier molecular flexibility index (Phi) is 8.64. The molecule has 18 heavy (non-hydrogen) atoms. The van der Waals surface area contributed by atoms with Crippen LogP contribution in [0.2, 0.25) is 0 Å². The van der Waals surface area contributed by atoms with Gasteiger partial charge in [0.1, 0.15) is 0 Å². The number of likely N-dealkylation sites (N-methyl/N-ethyl adjacent to an activating group) is 1. The third kappa shape index (κ3) is 6.72. The van der Waals surface area contributed by atoms with Gasteiger partial charge in [-0.25, -0.2) is 0 Å². The summed E-state index contributed by atoms with van der Waals surface area (Å²) in [6.45, 7) is 7.18. The zero-order chi connectivity index (χ0) is 13.2. The van der Waals surface area contributed by atoms with Crippen molar-refractivity contribution in [3.63, 3.8) is 0 Å². The van der Waals surface area contributed by atoms with Crippen molar-refractivity contribution in [3.05, 3.63) is 0 Å². The maximum Gasteiger partial charge on any atom is 0.0215 e. The lowest BCUT2D eigenvalue weighted by molar-refractivity contribution is 0.242. The SMILES string of the molecule is CCCC1CCCNC1.CN(C)C1CCCNC1. The van der Waals surface area contributed by atoms with Crippen molar-refractivity contribution in [2.75, 3.05) is 40.3 Å². The molecular formula is C15H33N3. The molecule has 2 saturated heterocycles. The summed E-state index contributed by atoms with van der Waals surface area (Å²) in [7, 11) is 4.30. The summed E-state index contributed by atoms with van der Waals surface area (Å²) < 4.78 is 0. The highest BCUT2D eigenvalue weighted by atomic mass is 15.1. The van der Waals surface area contributed by atoms with Crippen molar-refractivity contribution in [2.45, 2.75) is 51.5 Å². The summed E-state index contributed by atoms with van der Waals surface area (Å²) >= 11 is 0. The molecule has 0 aromatic carbocycles. The van der Waals surface area contributed by atoms with Crippen molar-refractivity contribution in [1.29, 1.82) is 0 Å². The minimum Gasteiger partial charge on any atom is -0.316 e. The molecule has 0 bridgehead atoms. The molecule has 0 aromatic heterocycles. The first-order valence-electron chi connectivity index (χ1n) is 7.82. The molecule has 0 spiro atoms. The predicted molar refractivity (Wildman–Crippen MR) is 80.1 cm³/mol. The van der Waals surface area contributed by atoms with Crippen LogP contribution in [-0.4, -0.2) is 51.2 Å². The van der Waals surface area contributed by atoms with Crippen LogP contribution in [0, 0.1) is 5.92 Å². The first-order valence-corrected chi connectivity index (χ1v) is 7.82. The molecule has 0 radical (unpaired) electrons. The van der Waals surface area contributed by atoms with Gasteiger partial charge < -0.3 is 15.5 Å². The maximum absolute atomic E-state index is 3.42. The fourth-order valence-corrected chi connectivity index (χ4v) is 2.85. The average molecular weight is 255 g/mol. The first kappa shape index (κ1) is 15.9. The quantitative estimate of drug-likeness (QED) is 0.808. The van der Waals surface area contributed by atoms with E-state index in [9.17, 15) is 0 Å². The summed E-state index contributed by atoms with van der Waals surface area (Å²) in [6.07, 6.45) is 8.33. The standard InChI is InChI=1S/C8H17N.C7H16N2/c1-2-4-8-5-3-6-9-7-8;1-9(2)7-4-3-5-8-6-7/h8-9H,2-7H2,1H3;7-8H,3-6H2,1-2H3. The fourth-order valence-electron chi connectivity index (χ4n) is 2.85. The molecule has 2 unspecified atom stereocenters. The topological polar surface area (TPSA) is 27.3 Å². The fraction of sp³-hybridized carbons (Fsp3) is 1.00. The maximum atomic E-state index is 3.42. The van der Waals surface area contributed by atoms with Crippen LogP contribution in [0.15, 0.2) is 0 Å². The number of hydrogen-bond donors (Lipinski definition) is 2. The smallest absolute Gasteiger partial charge is 0.0215 e. The average Bonchev–Trinajstić information content (AvgIpc) is 2.42. The van der Waals surface area contributed by atoms with E-state index in [1.807, 2.05) is 0 Å². The number of hydrogen-bond acceptors (Lipinski definition) is 3. The minimum absolute atomic E-state index is 0.777. The molecule has 2 atom stereocenters. The van der Waals surface area contributed by atoms with Crippen LogP contribution in [0.3, 0.4) is 0 Å². The monoisotopic (exact) mass is 255 g/mol. The Hall–Kier alpha value is -0.120. The molecule has 2 aliphatic heterocycles. The van der Waals surface area contributed by atoms with Crippen molar-refractivity contribution < 1.29 is 0 Å². The summed E-state index contributed by atoms with van der Waals surface area (Å²) in [5.74, 6) is 0.990. The van der Waals surface area contributed by atoms with Gasteiger partial charge in [0.15, 0.2) is 0 Å². The first-order chi connectivity index (χ1) is 8.74. The van der Waals surface area contributed by atoms with Gasteiger partial charge in [0.2, 0.25) is 0 Å². The Labute approximate surface area is 114 Å². The van der Waals surface area contributed by atoms with Gasteiger partial charge in [-0.3, -0.25) is 0 Å². The molecule has 3 heteroatoms. The van der Waals surface area contributed by atoms with Crippen LogP contribution < -0.4 is 10.6 Å². The third-order valence-corrected chi connectivity index (χ3v) is 4.10. The highest BCUT2D eigenvalue weighted by Crippen LogP contribution is 2.14. The second-order valence-electron chi connectivity index (χ2n) is 5.96. The Bertz CT molecular complexity index is 179. The molecule has 2 aliphatic rings. The van der Waals surface area contributed by atoms with Gasteiger partial charge in [-0.1, -0.05) is 13.3 Å². The van der Waals surface area contributed by atoms with Crippen LogP contribution in [0.1, 0.15) is 45.4 Å². The molecule has 2 heterocycles. The van der Waals surface area contributed by atoms with E-state index in [0.717, 1.165) is 12.0 Å². The molecule has 3 nitrogen and oxygen atoms in total. The van der Waals surface area contributed by atoms with E-state index in [2.05, 4.69) is 36.6 Å². The summed E-state index contributed by atoms with van der Waals surface area (Å²) in [5, 5.41) is 6.79. The largest absolute Gasteiger partial charge is 0.316 e. The van der Waals surface area contributed by atoms with Crippen molar-refractivity contribution >= 4 is 0 Å². The van der Waals surface area contributed by atoms with Crippen LogP contribution >= 0.6 is 0 Å². The van der Waals surface area contributed by atoms with Crippen LogP contribution in [0.4, 0.5) is 0 Å². The summed E-state index contributed by atoms with van der Waals surface area (Å²) in [6, 6.07) is 0.777. The van der Waals surface area contributed by atoms with Gasteiger partial charge in [-0.05, 0) is 71.8 Å². The molecule has 2 rings (SSSR count). The minimum atomic E-state index is 0.777. The zero-order valence-corrected chi connectivity index (χ0v) is 12.7. The van der Waals surface area contributed by atoms with Gasteiger partial charge >= 0.3 is 0 Å². The Balaban J connectivity index is 0.000000180. The van der Waals surface area contributed by atoms with Gasteiger partial charge in [0.05, 0.1) is 0 Å². The molecule has 0 aromatic rings. The van der Waals surface area contributed by atoms with Crippen LogP contribution in [0.5, 0.6) is 0 Å². The van der Waals surface area contributed by atoms with Crippen LogP contribution in [-0.2, 0) is 0 Å². The van der Waals surface area contributed by atoms with E-state index >= 15 is 0 Å². The molecule has 108 valence electrons. The summed E-state index contributed by atoms with van der Waals surface area (Å²) in [4.78, 5) is 2.30. The van der Waals surface area contributed by atoms with E-state index < -0.39 is 0 Å². The molecule has 2 fully saturated rings. The molecule has 0 aliphatic carbocycles. The van der Waals surface area contributed by atoms with Crippen molar-refractivity contribution in [1.82, 2.24) is 15.5 Å². The second-order valence-corrected chi connectivity index (χ2v) is 5.96. The zero-order valence-electron chi connectivity index (χ0n) is 12.7. The highest BCUT2D eigenvalue weighted by Gasteiger charge is 2.13. The normalized spacial score (nSPS) is 28.7. The van der Waals surface area contributed by atoms with Crippen molar-refractivity contribution in [2.24, 2.45) is 5.92 Å². The number of nitrogens with one attached hydrogen (secondary N) is 2. The predicted octanol–water partition coefficient (Wildman–Crippen LogP) is 2.09. The number of rotatable bonds is 3. The molecule has 0 saturated carbocycles. The van der Waals surface area contributed by atoms with Gasteiger partial charge in [0.25, 0.3) is 0 Å². The Morgan fingerprint density at radius 3 is 2.06 bits per heavy atom. The number of piperidine rings is 2. The highest BCUT2D eigenvalue weighted by molar-refractivity contribution is 4.73. The number of nitrogens with zero attached hydrogens (tertiary/aromatic N) is 1. The third-order valence-electron chi connectivity index (χ3n) is 4.10. The van der Waals surface area contributed by atoms with E-state index in [0.29, 0.717) is 0 Å². The van der Waals surface area contributed by atoms with Crippen LogP contribution in [0.25, 0.3) is 0 Å². The lowest BCUT2D eigenvalue weighted by atomic mass is 9.95. The molecular weight excluding hydrogens is 222 g/mol. The lowest BCUT2D eigenvalue weighted by Crippen LogP contribution is -2.42. The van der Waals surface area contributed by atoms with E-state index in [1.165, 1.54) is 64.7 Å². The van der Waals surface area contributed by atoms with Gasteiger partial charge in [-0.2, -0.15) is 0 Å². The van der Waals surface area contributed by atoms with E-state index in [-0.39, 0.29) is 0 Å². The molecule has 2 N–H and O–H groups in total.